The van der Waals surface area contributed by atoms with E-state index in [1.165, 1.54) is 35.1 Å². The van der Waals surface area contributed by atoms with E-state index in [0.717, 1.165) is 12.8 Å². The summed E-state index contributed by atoms with van der Waals surface area (Å²) in [7, 11) is 0. The minimum absolute atomic E-state index is 0.470. The number of hydrogen-bond acceptors (Lipinski definition) is 2. The standard InChI is InChI=1S/C16H18O2/c1-3-13-6-4-5-7-15(13)16-10-14(18-11-17)9-8-12(16)2/h3,8-11H,1,4-7H2,2H3. The highest BCUT2D eigenvalue weighted by molar-refractivity contribution is 5.74. The molecule has 0 unspecified atom stereocenters. The molecule has 0 N–H and O–H groups in total. The van der Waals surface area contributed by atoms with Gasteiger partial charge >= 0.3 is 0 Å². The van der Waals surface area contributed by atoms with Crippen LogP contribution in [0, 0.1) is 6.92 Å². The first-order valence-electron chi connectivity index (χ1n) is 6.32. The van der Waals surface area contributed by atoms with Gasteiger partial charge < -0.3 is 4.74 Å². The predicted molar refractivity (Wildman–Crippen MR) is 73.5 cm³/mol. The molecule has 94 valence electrons. The van der Waals surface area contributed by atoms with E-state index in [-0.39, 0.29) is 0 Å². The molecule has 0 heterocycles. The summed E-state index contributed by atoms with van der Waals surface area (Å²) in [4.78, 5) is 10.4. The quantitative estimate of drug-likeness (QED) is 0.745. The number of aryl methyl sites for hydroxylation is 1. The second kappa shape index (κ2) is 5.67. The van der Waals surface area contributed by atoms with Crippen molar-refractivity contribution in [2.24, 2.45) is 0 Å². The van der Waals surface area contributed by atoms with Crippen LogP contribution in [0.2, 0.25) is 0 Å². The molecule has 0 aliphatic heterocycles. The van der Waals surface area contributed by atoms with Crippen LogP contribution < -0.4 is 4.74 Å². The number of ether oxygens (including phenoxy) is 1. The van der Waals surface area contributed by atoms with E-state index in [1.807, 2.05) is 24.3 Å². The average Bonchev–Trinajstić information content (AvgIpc) is 2.41. The smallest absolute Gasteiger partial charge is 0.298 e. The van der Waals surface area contributed by atoms with Gasteiger partial charge in [-0.3, -0.25) is 4.79 Å². The van der Waals surface area contributed by atoms with Gasteiger partial charge in [-0.2, -0.15) is 0 Å². The lowest BCUT2D eigenvalue weighted by Gasteiger charge is -2.20. The molecule has 1 aromatic carbocycles. The molecule has 2 heteroatoms. The fourth-order valence-electron chi connectivity index (χ4n) is 2.52. The zero-order valence-corrected chi connectivity index (χ0v) is 10.7. The Labute approximate surface area is 108 Å². The maximum Gasteiger partial charge on any atom is 0.298 e. The molecule has 1 aliphatic carbocycles. The van der Waals surface area contributed by atoms with Crippen LogP contribution in [0.15, 0.2) is 36.4 Å². The third-order valence-corrected chi connectivity index (χ3v) is 3.48. The topological polar surface area (TPSA) is 26.3 Å². The summed E-state index contributed by atoms with van der Waals surface area (Å²) in [5.74, 6) is 0.604. The zero-order chi connectivity index (χ0) is 13.0. The van der Waals surface area contributed by atoms with Gasteiger partial charge in [0.15, 0.2) is 0 Å². The Morgan fingerprint density at radius 1 is 1.28 bits per heavy atom. The second-order valence-corrected chi connectivity index (χ2v) is 4.61. The first-order valence-corrected chi connectivity index (χ1v) is 6.32. The van der Waals surface area contributed by atoms with Gasteiger partial charge in [0, 0.05) is 0 Å². The highest BCUT2D eigenvalue weighted by Crippen LogP contribution is 2.35. The Hall–Kier alpha value is -1.83. The van der Waals surface area contributed by atoms with Crippen molar-refractivity contribution in [3.8, 4) is 5.75 Å². The number of benzene rings is 1. The molecule has 0 bridgehead atoms. The van der Waals surface area contributed by atoms with Crippen molar-refractivity contribution in [3.63, 3.8) is 0 Å². The minimum Gasteiger partial charge on any atom is -0.429 e. The molecule has 2 nitrogen and oxygen atoms in total. The largest absolute Gasteiger partial charge is 0.429 e. The van der Waals surface area contributed by atoms with E-state index in [9.17, 15) is 4.79 Å². The molecule has 18 heavy (non-hydrogen) atoms. The molecule has 1 aliphatic rings. The lowest BCUT2D eigenvalue weighted by Crippen LogP contribution is -2.00. The van der Waals surface area contributed by atoms with Gasteiger partial charge in [0.2, 0.25) is 0 Å². The molecular weight excluding hydrogens is 224 g/mol. The molecular formula is C16H18O2. The van der Waals surface area contributed by atoms with Crippen molar-refractivity contribution in [2.75, 3.05) is 0 Å². The summed E-state index contributed by atoms with van der Waals surface area (Å²) in [6.07, 6.45) is 6.57. The maximum atomic E-state index is 10.4. The number of hydrogen-bond donors (Lipinski definition) is 0. The van der Waals surface area contributed by atoms with Gasteiger partial charge in [-0.15, -0.1) is 0 Å². The van der Waals surface area contributed by atoms with Crippen molar-refractivity contribution in [3.05, 3.63) is 47.6 Å². The highest BCUT2D eigenvalue weighted by Gasteiger charge is 2.14. The van der Waals surface area contributed by atoms with Crippen LogP contribution >= 0.6 is 0 Å². The lowest BCUT2D eigenvalue weighted by molar-refractivity contribution is -0.120. The first kappa shape index (κ1) is 12.6. The molecule has 0 fully saturated rings. The second-order valence-electron chi connectivity index (χ2n) is 4.61. The van der Waals surface area contributed by atoms with Crippen LogP contribution in [0.25, 0.3) is 5.57 Å². The number of rotatable bonds is 4. The molecule has 0 aromatic heterocycles. The van der Waals surface area contributed by atoms with E-state index >= 15 is 0 Å². The van der Waals surface area contributed by atoms with E-state index in [0.29, 0.717) is 12.2 Å². The van der Waals surface area contributed by atoms with Crippen LogP contribution in [0.1, 0.15) is 36.8 Å². The van der Waals surface area contributed by atoms with Gasteiger partial charge in [0.05, 0.1) is 0 Å². The fraction of sp³-hybridized carbons (Fsp3) is 0.312. The van der Waals surface area contributed by atoms with Gasteiger partial charge in [0.1, 0.15) is 5.75 Å². The summed E-state index contributed by atoms with van der Waals surface area (Å²) in [6, 6.07) is 5.77. The zero-order valence-electron chi connectivity index (χ0n) is 10.7. The molecule has 0 saturated carbocycles. The van der Waals surface area contributed by atoms with Crippen LogP contribution in [-0.2, 0) is 4.79 Å². The van der Waals surface area contributed by atoms with Crippen molar-refractivity contribution in [1.82, 2.24) is 0 Å². The molecule has 2 rings (SSSR count). The Morgan fingerprint density at radius 2 is 2.06 bits per heavy atom. The molecule has 1 aromatic rings. The third kappa shape index (κ3) is 2.53. The number of allylic oxidation sites excluding steroid dienone is 3. The first-order chi connectivity index (χ1) is 8.76. The summed E-state index contributed by atoms with van der Waals surface area (Å²) in [5.41, 5.74) is 5.08. The van der Waals surface area contributed by atoms with Crippen LogP contribution in [0.4, 0.5) is 0 Å². The number of carbonyl (C=O) groups is 1. The third-order valence-electron chi connectivity index (χ3n) is 3.48. The normalized spacial score (nSPS) is 15.4. The summed E-state index contributed by atoms with van der Waals surface area (Å²) in [6.45, 7) is 6.46. The maximum absolute atomic E-state index is 10.4. The SMILES string of the molecule is C=CC1=C(c2cc(OC=O)ccc2C)CCCC1. The summed E-state index contributed by atoms with van der Waals surface area (Å²) in [5, 5.41) is 0. The fourth-order valence-corrected chi connectivity index (χ4v) is 2.52. The van der Waals surface area contributed by atoms with E-state index in [2.05, 4.69) is 13.5 Å². The monoisotopic (exact) mass is 242 g/mol. The summed E-state index contributed by atoms with van der Waals surface area (Å²) >= 11 is 0. The molecule has 0 atom stereocenters. The average molecular weight is 242 g/mol. The van der Waals surface area contributed by atoms with Crippen LogP contribution in [-0.4, -0.2) is 6.47 Å². The molecule has 0 amide bonds. The van der Waals surface area contributed by atoms with Crippen molar-refractivity contribution in [2.45, 2.75) is 32.6 Å². The van der Waals surface area contributed by atoms with Crippen molar-refractivity contribution >= 4 is 12.0 Å². The van der Waals surface area contributed by atoms with Gasteiger partial charge in [-0.1, -0.05) is 18.7 Å². The van der Waals surface area contributed by atoms with Gasteiger partial charge in [0.25, 0.3) is 6.47 Å². The molecule has 0 radical (unpaired) electrons. The van der Waals surface area contributed by atoms with Crippen molar-refractivity contribution in [1.29, 1.82) is 0 Å². The van der Waals surface area contributed by atoms with Crippen molar-refractivity contribution < 1.29 is 9.53 Å². The van der Waals surface area contributed by atoms with Crippen LogP contribution in [0.5, 0.6) is 5.75 Å². The van der Waals surface area contributed by atoms with Gasteiger partial charge in [-0.25, -0.2) is 0 Å². The Bertz CT molecular complexity index is 498. The minimum atomic E-state index is 0.470. The van der Waals surface area contributed by atoms with E-state index < -0.39 is 0 Å². The van der Waals surface area contributed by atoms with E-state index in [1.54, 1.807) is 0 Å². The predicted octanol–water partition coefficient (Wildman–Crippen LogP) is 4.04. The lowest BCUT2D eigenvalue weighted by atomic mass is 9.85. The Balaban J connectivity index is 2.48. The van der Waals surface area contributed by atoms with Gasteiger partial charge in [-0.05, 0) is 67.0 Å². The Morgan fingerprint density at radius 3 is 2.78 bits per heavy atom. The highest BCUT2D eigenvalue weighted by atomic mass is 16.5. The van der Waals surface area contributed by atoms with Crippen LogP contribution in [0.3, 0.4) is 0 Å². The summed E-state index contributed by atoms with van der Waals surface area (Å²) < 4.78 is 4.93. The Kier molecular flexibility index (Phi) is 3.98. The molecule has 0 spiro atoms. The van der Waals surface area contributed by atoms with E-state index in [4.69, 9.17) is 4.74 Å². The molecule has 0 saturated heterocycles. The number of carbonyl (C=O) groups excluding carboxylic acids is 1.